The molecule has 0 aromatic heterocycles. The molecule has 104 valence electrons. The second-order valence-electron chi connectivity index (χ2n) is 6.22. The number of benzene rings is 1. The molecule has 0 radical (unpaired) electrons. The molecule has 2 aliphatic rings. The van der Waals surface area contributed by atoms with Crippen LogP contribution in [0, 0.1) is 5.92 Å². The highest BCUT2D eigenvalue weighted by Gasteiger charge is 2.25. The van der Waals surface area contributed by atoms with Gasteiger partial charge in [-0.3, -0.25) is 4.90 Å². The summed E-state index contributed by atoms with van der Waals surface area (Å²) in [6.07, 6.45) is 7.45. The van der Waals surface area contributed by atoms with Gasteiger partial charge in [0.25, 0.3) is 0 Å². The van der Waals surface area contributed by atoms with Crippen LogP contribution in [0.2, 0.25) is 0 Å². The maximum atomic E-state index is 10.4. The van der Waals surface area contributed by atoms with E-state index in [9.17, 15) is 5.11 Å². The molecule has 2 heteroatoms. The number of nitrogens with zero attached hydrogens (tertiary/aromatic N) is 1. The number of rotatable bonds is 3. The largest absolute Gasteiger partial charge is 0.392 e. The van der Waals surface area contributed by atoms with E-state index in [0.717, 1.165) is 26.1 Å². The predicted molar refractivity (Wildman–Crippen MR) is 78.0 cm³/mol. The van der Waals surface area contributed by atoms with Crippen molar-refractivity contribution in [2.24, 2.45) is 5.92 Å². The minimum Gasteiger partial charge on any atom is -0.392 e. The van der Waals surface area contributed by atoms with Crippen LogP contribution in [-0.4, -0.2) is 29.2 Å². The molecule has 0 spiro atoms. The summed E-state index contributed by atoms with van der Waals surface area (Å²) in [5.41, 5.74) is 2.94. The number of hydrogen-bond donors (Lipinski definition) is 1. The molecular formula is C17H25NO. The summed E-state index contributed by atoms with van der Waals surface area (Å²) in [7, 11) is 0. The van der Waals surface area contributed by atoms with Crippen molar-refractivity contribution >= 4 is 0 Å². The van der Waals surface area contributed by atoms with Gasteiger partial charge in [-0.15, -0.1) is 0 Å². The van der Waals surface area contributed by atoms with Gasteiger partial charge in [-0.25, -0.2) is 0 Å². The Bertz CT molecular complexity index is 411. The van der Waals surface area contributed by atoms with Crippen molar-refractivity contribution in [3.63, 3.8) is 0 Å². The number of aliphatic hydroxyl groups is 1. The average Bonchev–Trinajstić information content (AvgIpc) is 2.48. The number of fused-ring (bicyclic) bond motifs is 1. The van der Waals surface area contributed by atoms with Crippen LogP contribution in [0.15, 0.2) is 24.3 Å². The topological polar surface area (TPSA) is 23.5 Å². The van der Waals surface area contributed by atoms with Gasteiger partial charge in [0, 0.05) is 19.6 Å². The highest BCUT2D eigenvalue weighted by molar-refractivity contribution is 5.29. The molecule has 1 N–H and O–H groups in total. The Hall–Kier alpha value is -0.860. The molecule has 1 saturated carbocycles. The van der Waals surface area contributed by atoms with E-state index in [-0.39, 0.29) is 6.10 Å². The van der Waals surface area contributed by atoms with Crippen LogP contribution in [0.5, 0.6) is 0 Å². The van der Waals surface area contributed by atoms with Gasteiger partial charge in [-0.1, -0.05) is 43.5 Å². The smallest absolute Gasteiger partial charge is 0.0695 e. The monoisotopic (exact) mass is 259 g/mol. The quantitative estimate of drug-likeness (QED) is 0.902. The minimum absolute atomic E-state index is 0.120. The normalized spacial score (nSPS) is 23.0. The lowest BCUT2D eigenvalue weighted by Crippen LogP contribution is -2.40. The summed E-state index contributed by atoms with van der Waals surface area (Å²) in [6.45, 7) is 2.97. The first kappa shape index (κ1) is 13.1. The summed E-state index contributed by atoms with van der Waals surface area (Å²) in [5.74, 6) is 0.547. The van der Waals surface area contributed by atoms with Crippen molar-refractivity contribution in [1.82, 2.24) is 4.90 Å². The molecule has 1 heterocycles. The van der Waals surface area contributed by atoms with Gasteiger partial charge in [0.05, 0.1) is 6.10 Å². The Kier molecular flexibility index (Phi) is 4.19. The van der Waals surface area contributed by atoms with Gasteiger partial charge in [0.15, 0.2) is 0 Å². The Morgan fingerprint density at radius 1 is 1.11 bits per heavy atom. The Morgan fingerprint density at radius 2 is 1.84 bits per heavy atom. The molecule has 0 saturated heterocycles. The first-order valence-corrected chi connectivity index (χ1v) is 7.80. The maximum Gasteiger partial charge on any atom is 0.0695 e. The fourth-order valence-electron chi connectivity index (χ4n) is 3.64. The van der Waals surface area contributed by atoms with E-state index >= 15 is 0 Å². The number of aliphatic hydroxyl groups excluding tert-OH is 1. The van der Waals surface area contributed by atoms with Gasteiger partial charge in [-0.05, 0) is 36.3 Å². The van der Waals surface area contributed by atoms with Crippen molar-refractivity contribution in [2.75, 3.05) is 13.1 Å². The zero-order valence-electron chi connectivity index (χ0n) is 11.7. The van der Waals surface area contributed by atoms with Crippen molar-refractivity contribution in [3.8, 4) is 0 Å². The lowest BCUT2D eigenvalue weighted by Gasteiger charge is -2.34. The summed E-state index contributed by atoms with van der Waals surface area (Å²) >= 11 is 0. The second-order valence-corrected chi connectivity index (χ2v) is 6.22. The van der Waals surface area contributed by atoms with Crippen molar-refractivity contribution in [2.45, 2.75) is 51.2 Å². The molecule has 2 nitrogen and oxygen atoms in total. The maximum absolute atomic E-state index is 10.4. The van der Waals surface area contributed by atoms with Gasteiger partial charge in [-0.2, -0.15) is 0 Å². The Morgan fingerprint density at radius 3 is 2.63 bits per heavy atom. The van der Waals surface area contributed by atoms with Crippen LogP contribution < -0.4 is 0 Å². The fourth-order valence-corrected chi connectivity index (χ4v) is 3.64. The molecule has 0 bridgehead atoms. The molecule has 19 heavy (non-hydrogen) atoms. The molecule has 1 aliphatic carbocycles. The first-order chi connectivity index (χ1) is 9.33. The van der Waals surface area contributed by atoms with Gasteiger partial charge in [0.2, 0.25) is 0 Å². The average molecular weight is 259 g/mol. The molecule has 1 atom stereocenters. The van der Waals surface area contributed by atoms with E-state index in [0.29, 0.717) is 5.92 Å². The highest BCUT2D eigenvalue weighted by atomic mass is 16.3. The molecule has 1 fully saturated rings. The SMILES string of the molecule is OC(CN1CCc2ccccc2C1)C1CCCCC1. The summed E-state index contributed by atoms with van der Waals surface area (Å²) in [5, 5.41) is 10.4. The van der Waals surface area contributed by atoms with Crippen molar-refractivity contribution < 1.29 is 5.11 Å². The van der Waals surface area contributed by atoms with E-state index < -0.39 is 0 Å². The van der Waals surface area contributed by atoms with Crippen LogP contribution >= 0.6 is 0 Å². The third-order valence-corrected chi connectivity index (χ3v) is 4.85. The molecule has 1 unspecified atom stereocenters. The van der Waals surface area contributed by atoms with E-state index in [4.69, 9.17) is 0 Å². The number of β-amino-alcohol motifs (C(OH)–C–C–N with tert-alkyl or cyclic N) is 1. The summed E-state index contributed by atoms with van der Waals surface area (Å²) in [4.78, 5) is 2.43. The van der Waals surface area contributed by atoms with Crippen LogP contribution in [0.25, 0.3) is 0 Å². The van der Waals surface area contributed by atoms with Gasteiger partial charge < -0.3 is 5.11 Å². The van der Waals surface area contributed by atoms with Gasteiger partial charge in [0.1, 0.15) is 0 Å². The predicted octanol–water partition coefficient (Wildman–Crippen LogP) is 2.99. The van der Waals surface area contributed by atoms with E-state index in [1.165, 1.54) is 43.2 Å². The van der Waals surface area contributed by atoms with Crippen LogP contribution in [0.3, 0.4) is 0 Å². The second kappa shape index (κ2) is 6.06. The van der Waals surface area contributed by atoms with Crippen molar-refractivity contribution in [1.29, 1.82) is 0 Å². The van der Waals surface area contributed by atoms with E-state index in [1.807, 2.05) is 0 Å². The van der Waals surface area contributed by atoms with Crippen molar-refractivity contribution in [3.05, 3.63) is 35.4 Å². The standard InChI is InChI=1S/C17H25NO/c19-17(15-7-2-1-3-8-15)13-18-11-10-14-6-4-5-9-16(14)12-18/h4-6,9,15,17,19H,1-3,7-8,10-13H2. The summed E-state index contributed by atoms with van der Waals surface area (Å²) < 4.78 is 0. The molecule has 1 aliphatic heterocycles. The lowest BCUT2D eigenvalue weighted by molar-refractivity contribution is 0.0435. The first-order valence-electron chi connectivity index (χ1n) is 7.80. The van der Waals surface area contributed by atoms with Crippen LogP contribution in [0.4, 0.5) is 0 Å². The Balaban J connectivity index is 1.56. The molecule has 1 aromatic rings. The molecular weight excluding hydrogens is 234 g/mol. The molecule has 3 rings (SSSR count). The van der Waals surface area contributed by atoms with Crippen LogP contribution in [0.1, 0.15) is 43.2 Å². The zero-order valence-corrected chi connectivity index (χ0v) is 11.7. The van der Waals surface area contributed by atoms with Crippen LogP contribution in [-0.2, 0) is 13.0 Å². The van der Waals surface area contributed by atoms with E-state index in [1.54, 1.807) is 0 Å². The lowest BCUT2D eigenvalue weighted by atomic mass is 9.85. The fraction of sp³-hybridized carbons (Fsp3) is 0.647. The molecule has 1 aromatic carbocycles. The molecule has 0 amide bonds. The summed E-state index contributed by atoms with van der Waals surface area (Å²) in [6, 6.07) is 8.73. The third kappa shape index (κ3) is 3.18. The Labute approximate surface area is 116 Å². The minimum atomic E-state index is -0.120. The number of hydrogen-bond acceptors (Lipinski definition) is 2. The zero-order chi connectivity index (χ0) is 13.1. The van der Waals surface area contributed by atoms with E-state index in [2.05, 4.69) is 29.2 Å². The highest BCUT2D eigenvalue weighted by Crippen LogP contribution is 2.27. The van der Waals surface area contributed by atoms with Gasteiger partial charge >= 0.3 is 0 Å². The third-order valence-electron chi connectivity index (χ3n) is 4.85.